The topological polar surface area (TPSA) is 114 Å². The summed E-state index contributed by atoms with van der Waals surface area (Å²) in [5, 5.41) is 14.9. The molecule has 4 rings (SSSR count). The number of hydrogen-bond acceptors (Lipinski definition) is 5. The number of hydrogen-bond donors (Lipinski definition) is 3. The summed E-state index contributed by atoms with van der Waals surface area (Å²) in [7, 11) is 0. The molecule has 0 spiro atoms. The van der Waals surface area contributed by atoms with Crippen LogP contribution in [0.25, 0.3) is 11.1 Å². The number of carbonyl (C=O) groups excluding carboxylic acids is 2. The number of carbonyl (C=O) groups is 3. The van der Waals surface area contributed by atoms with Crippen LogP contribution >= 0.6 is 0 Å². The van der Waals surface area contributed by atoms with Crippen LogP contribution in [0.2, 0.25) is 0 Å². The third-order valence-corrected chi connectivity index (χ3v) is 6.72. The quantitative estimate of drug-likeness (QED) is 0.489. The lowest BCUT2D eigenvalue weighted by atomic mass is 9.85. The third-order valence-electron chi connectivity index (χ3n) is 6.72. The van der Waals surface area contributed by atoms with Gasteiger partial charge in [-0.15, -0.1) is 0 Å². The van der Waals surface area contributed by atoms with Crippen LogP contribution in [0, 0.1) is 5.41 Å². The minimum absolute atomic E-state index is 0.0119. The van der Waals surface area contributed by atoms with E-state index in [1.807, 2.05) is 24.3 Å². The zero-order valence-corrected chi connectivity index (χ0v) is 19.2. The van der Waals surface area contributed by atoms with Crippen molar-refractivity contribution >= 4 is 18.0 Å². The maximum atomic E-state index is 12.2. The number of ether oxygens (including phenoxy) is 2. The summed E-state index contributed by atoms with van der Waals surface area (Å²) in [4.78, 5) is 35.8. The Hall–Kier alpha value is -3.39. The second kappa shape index (κ2) is 10.3. The van der Waals surface area contributed by atoms with Crippen LogP contribution in [0.3, 0.4) is 0 Å². The number of aliphatic carboxylic acids is 1. The highest BCUT2D eigenvalue weighted by Crippen LogP contribution is 2.44. The van der Waals surface area contributed by atoms with Gasteiger partial charge >= 0.3 is 12.1 Å². The van der Waals surface area contributed by atoms with Gasteiger partial charge in [0.25, 0.3) is 0 Å². The van der Waals surface area contributed by atoms with E-state index in [0.29, 0.717) is 19.4 Å². The minimum Gasteiger partial charge on any atom is -0.481 e. The standard InChI is InChI=1S/C26H30N2O6/c1-26(24(30)31)16-33-15-22(26)28-23(29)12-6-7-13-27-25(32)34-14-21-19-10-4-2-8-17(19)18-9-3-5-11-20(18)21/h2-5,8-11,21-22H,6-7,12-16H2,1H3,(H,27,32)(H,28,29)(H,30,31). The van der Waals surface area contributed by atoms with Gasteiger partial charge in [0.1, 0.15) is 12.0 Å². The van der Waals surface area contributed by atoms with Crippen LogP contribution in [0.1, 0.15) is 43.2 Å². The molecule has 2 unspecified atom stereocenters. The van der Waals surface area contributed by atoms with Crippen LogP contribution in [0.15, 0.2) is 48.5 Å². The van der Waals surface area contributed by atoms with Gasteiger partial charge in [0, 0.05) is 18.9 Å². The molecule has 0 aromatic heterocycles. The fourth-order valence-electron chi connectivity index (χ4n) is 4.60. The molecular formula is C26H30N2O6. The van der Waals surface area contributed by atoms with E-state index in [-0.39, 0.29) is 38.1 Å². The van der Waals surface area contributed by atoms with Crippen molar-refractivity contribution in [1.29, 1.82) is 0 Å². The Morgan fingerprint density at radius 1 is 1.06 bits per heavy atom. The Morgan fingerprint density at radius 3 is 2.35 bits per heavy atom. The summed E-state index contributed by atoms with van der Waals surface area (Å²) in [6.07, 6.45) is 0.937. The van der Waals surface area contributed by atoms with Gasteiger partial charge in [0.2, 0.25) is 5.91 Å². The largest absolute Gasteiger partial charge is 0.481 e. The molecule has 34 heavy (non-hydrogen) atoms. The molecular weight excluding hydrogens is 436 g/mol. The van der Waals surface area contributed by atoms with Crippen molar-refractivity contribution in [2.24, 2.45) is 5.41 Å². The molecule has 1 aliphatic heterocycles. The van der Waals surface area contributed by atoms with E-state index in [1.54, 1.807) is 6.92 Å². The number of benzene rings is 2. The number of carboxylic acids is 1. The molecule has 1 saturated heterocycles. The van der Waals surface area contributed by atoms with Crippen molar-refractivity contribution in [3.05, 3.63) is 59.7 Å². The summed E-state index contributed by atoms with van der Waals surface area (Å²) in [5.74, 6) is -1.19. The second-order valence-electron chi connectivity index (χ2n) is 9.07. The molecule has 3 N–H and O–H groups in total. The van der Waals surface area contributed by atoms with Gasteiger partial charge in [-0.25, -0.2) is 4.79 Å². The summed E-state index contributed by atoms with van der Waals surface area (Å²) < 4.78 is 10.7. The number of alkyl carbamates (subject to hydrolysis) is 1. The van der Waals surface area contributed by atoms with E-state index in [4.69, 9.17) is 9.47 Å². The Kier molecular flexibility index (Phi) is 7.17. The maximum absolute atomic E-state index is 12.2. The number of fused-ring (bicyclic) bond motifs is 3. The summed E-state index contributed by atoms with van der Waals surface area (Å²) in [6, 6.07) is 15.8. The lowest BCUT2D eigenvalue weighted by Crippen LogP contribution is -2.49. The number of carboxylic acid groups (broad SMARTS) is 1. The number of amides is 2. The van der Waals surface area contributed by atoms with E-state index in [2.05, 4.69) is 34.9 Å². The highest BCUT2D eigenvalue weighted by Gasteiger charge is 2.47. The molecule has 1 heterocycles. The summed E-state index contributed by atoms with van der Waals surface area (Å²) >= 11 is 0. The van der Waals surface area contributed by atoms with E-state index in [0.717, 1.165) is 11.1 Å². The minimum atomic E-state index is -1.11. The van der Waals surface area contributed by atoms with E-state index < -0.39 is 23.5 Å². The average Bonchev–Trinajstić information content (AvgIpc) is 3.36. The van der Waals surface area contributed by atoms with Gasteiger partial charge in [-0.1, -0.05) is 48.5 Å². The molecule has 2 aromatic rings. The first kappa shape index (κ1) is 23.8. The highest BCUT2D eigenvalue weighted by atomic mass is 16.5. The molecule has 180 valence electrons. The fourth-order valence-corrected chi connectivity index (χ4v) is 4.60. The Labute approximate surface area is 198 Å². The summed E-state index contributed by atoms with van der Waals surface area (Å²) in [6.45, 7) is 2.50. The SMILES string of the molecule is CC1(C(=O)O)COCC1NC(=O)CCCCNC(=O)OCC1c2ccccc2-c2ccccc21. The zero-order chi connectivity index (χ0) is 24.1. The fraction of sp³-hybridized carbons (Fsp3) is 0.423. The zero-order valence-electron chi connectivity index (χ0n) is 19.2. The lowest BCUT2D eigenvalue weighted by Gasteiger charge is -2.25. The highest BCUT2D eigenvalue weighted by molar-refractivity contribution is 5.80. The van der Waals surface area contributed by atoms with Crippen LogP contribution in [-0.2, 0) is 19.1 Å². The molecule has 2 atom stereocenters. The van der Waals surface area contributed by atoms with Crippen LogP contribution in [-0.4, -0.2) is 55.5 Å². The molecule has 8 nitrogen and oxygen atoms in total. The first-order chi connectivity index (χ1) is 16.4. The van der Waals surface area contributed by atoms with Crippen LogP contribution in [0.5, 0.6) is 0 Å². The van der Waals surface area contributed by atoms with Crippen molar-refractivity contribution in [3.8, 4) is 11.1 Å². The Morgan fingerprint density at radius 2 is 1.71 bits per heavy atom. The van der Waals surface area contributed by atoms with Crippen LogP contribution < -0.4 is 10.6 Å². The van der Waals surface area contributed by atoms with Gasteiger partial charge in [0.15, 0.2) is 0 Å². The van der Waals surface area contributed by atoms with Gasteiger partial charge < -0.3 is 25.2 Å². The Bertz CT molecular complexity index is 1030. The van der Waals surface area contributed by atoms with Gasteiger partial charge in [-0.3, -0.25) is 9.59 Å². The molecule has 0 saturated carbocycles. The van der Waals surface area contributed by atoms with Crippen molar-refractivity contribution < 1.29 is 29.0 Å². The van der Waals surface area contributed by atoms with E-state index >= 15 is 0 Å². The maximum Gasteiger partial charge on any atom is 0.407 e. The molecule has 0 radical (unpaired) electrons. The first-order valence-electron chi connectivity index (χ1n) is 11.6. The van der Waals surface area contributed by atoms with E-state index in [9.17, 15) is 19.5 Å². The molecule has 8 heteroatoms. The van der Waals surface area contributed by atoms with Gasteiger partial charge in [-0.05, 0) is 42.0 Å². The monoisotopic (exact) mass is 466 g/mol. The molecule has 2 aromatic carbocycles. The van der Waals surface area contributed by atoms with Crippen molar-refractivity contribution in [2.45, 2.75) is 38.1 Å². The van der Waals surface area contributed by atoms with Crippen molar-refractivity contribution in [3.63, 3.8) is 0 Å². The normalized spacial score (nSPS) is 20.9. The number of nitrogens with one attached hydrogen (secondary N) is 2. The number of unbranched alkanes of at least 4 members (excludes halogenated alkanes) is 1. The molecule has 2 amide bonds. The van der Waals surface area contributed by atoms with Crippen molar-refractivity contribution in [2.75, 3.05) is 26.4 Å². The molecule has 1 aliphatic carbocycles. The predicted molar refractivity (Wildman–Crippen MR) is 125 cm³/mol. The molecule has 2 aliphatic rings. The molecule has 1 fully saturated rings. The average molecular weight is 467 g/mol. The lowest BCUT2D eigenvalue weighted by molar-refractivity contribution is -0.149. The van der Waals surface area contributed by atoms with E-state index in [1.165, 1.54) is 11.1 Å². The van der Waals surface area contributed by atoms with Gasteiger partial charge in [0.05, 0.1) is 19.3 Å². The van der Waals surface area contributed by atoms with Crippen LogP contribution in [0.4, 0.5) is 4.79 Å². The number of rotatable bonds is 9. The smallest absolute Gasteiger partial charge is 0.407 e. The first-order valence-corrected chi connectivity index (χ1v) is 11.6. The second-order valence-corrected chi connectivity index (χ2v) is 9.07. The van der Waals surface area contributed by atoms with Crippen molar-refractivity contribution in [1.82, 2.24) is 10.6 Å². The summed E-state index contributed by atoms with van der Waals surface area (Å²) in [5.41, 5.74) is 3.57. The van der Waals surface area contributed by atoms with Gasteiger partial charge in [-0.2, -0.15) is 0 Å². The Balaban J connectivity index is 1.16. The molecule has 0 bridgehead atoms. The third kappa shape index (κ3) is 4.92. The predicted octanol–water partition coefficient (Wildman–Crippen LogP) is 3.30.